The van der Waals surface area contributed by atoms with Gasteiger partial charge in [0, 0.05) is 0 Å². The quantitative estimate of drug-likeness (QED) is 0.404. The Morgan fingerprint density at radius 3 is 1.50 bits per heavy atom. The maximum Gasteiger partial charge on any atom is 0.247 e. The van der Waals surface area contributed by atoms with Crippen LogP contribution in [0.4, 0.5) is 0 Å². The fraction of sp³-hybridized carbons (Fsp3) is 0.667. The summed E-state index contributed by atoms with van der Waals surface area (Å²) in [5.74, 6) is 0.167. The van der Waals surface area contributed by atoms with Crippen LogP contribution >= 0.6 is 8.53 Å². The minimum Gasteiger partial charge on any atom is -0.338 e. The van der Waals surface area contributed by atoms with Crippen LogP contribution in [0.15, 0.2) is 0 Å². The van der Waals surface area contributed by atoms with Crippen molar-refractivity contribution in [2.75, 3.05) is 0 Å². The fourth-order valence-electron chi connectivity index (χ4n) is 0. The van der Waals surface area contributed by atoms with Crippen molar-refractivity contribution < 1.29 is 14.6 Å². The Balaban J connectivity index is 0. The highest BCUT2D eigenvalue weighted by molar-refractivity contribution is 7.42. The van der Waals surface area contributed by atoms with Gasteiger partial charge in [0.05, 0.1) is 0 Å². The predicted octanol–water partition coefficient (Wildman–Crippen LogP) is -0.248. The highest BCUT2D eigenvalue weighted by Gasteiger charge is 1.72. The van der Waals surface area contributed by atoms with Crippen molar-refractivity contribution in [1.29, 1.82) is 0 Å². The van der Waals surface area contributed by atoms with Gasteiger partial charge in [-0.05, 0) is 13.8 Å². The summed E-state index contributed by atoms with van der Waals surface area (Å²) in [5, 5.41) is 0. The minimum atomic E-state index is -2.12. The zero-order valence-corrected chi connectivity index (χ0v) is 5.72. The lowest BCUT2D eigenvalue weighted by atomic mass is 10.6. The molecule has 0 aliphatic carbocycles. The molecule has 0 bridgehead atoms. The highest BCUT2D eigenvalue weighted by atomic mass is 31.2. The molecular weight excluding hydrogens is 129 g/mol. The van der Waals surface area contributed by atoms with Crippen LogP contribution in [0.3, 0.4) is 0 Å². The Morgan fingerprint density at radius 1 is 1.50 bits per heavy atom. The summed E-state index contributed by atoms with van der Waals surface area (Å²) >= 11 is 0. The van der Waals surface area contributed by atoms with E-state index in [2.05, 4.69) is 5.50 Å². The second-order valence-corrected chi connectivity index (χ2v) is 1.87. The van der Waals surface area contributed by atoms with Crippen molar-refractivity contribution in [3.05, 3.63) is 0 Å². The Bertz CT molecular complexity index is 58.8. The molecule has 0 spiro atoms. The molecule has 5 heteroatoms. The Kier molecular flexibility index (Phi) is 9.49. The molecule has 8 heavy (non-hydrogen) atoms. The first kappa shape index (κ1) is 10.9. The van der Waals surface area contributed by atoms with Gasteiger partial charge in [-0.1, -0.05) is 0 Å². The predicted molar refractivity (Wildman–Crippen MR) is 31.9 cm³/mol. The molecule has 0 aromatic rings. The summed E-state index contributed by atoms with van der Waals surface area (Å²) in [7, 11) is -2.12. The first-order valence-corrected chi connectivity index (χ1v) is 3.18. The fourth-order valence-corrected chi connectivity index (χ4v) is 0. The Labute approximate surface area is 49.3 Å². The molecule has 0 rings (SSSR count). The maximum atomic E-state index is 9.44. The van der Waals surface area contributed by atoms with Gasteiger partial charge in [-0.15, -0.1) is 0 Å². The minimum absolute atomic E-state index is 0.167. The average molecular weight is 139 g/mol. The van der Waals surface area contributed by atoms with E-state index in [-0.39, 0.29) is 5.78 Å². The Morgan fingerprint density at radius 2 is 1.50 bits per heavy atom. The summed E-state index contributed by atoms with van der Waals surface area (Å²) in [6, 6.07) is 0. The van der Waals surface area contributed by atoms with Crippen molar-refractivity contribution in [3.63, 3.8) is 0 Å². The van der Waals surface area contributed by atoms with Gasteiger partial charge in [0.25, 0.3) is 0 Å². The standard InChI is InChI=1S/C3H6O.H4NO2P/c1-3(2)4;1-4(2)3/h1-2H3;2-3H,1H2. The van der Waals surface area contributed by atoms with Crippen molar-refractivity contribution in [3.8, 4) is 0 Å². The first-order valence-electron chi connectivity index (χ1n) is 1.86. The zero-order chi connectivity index (χ0) is 7.15. The van der Waals surface area contributed by atoms with Gasteiger partial charge >= 0.3 is 0 Å². The largest absolute Gasteiger partial charge is 0.338 e. The van der Waals surface area contributed by atoms with E-state index in [0.717, 1.165) is 0 Å². The number of nitrogens with two attached hydrogens (primary N) is 1. The molecule has 0 saturated heterocycles. The number of ketones is 1. The second kappa shape index (κ2) is 6.98. The lowest BCUT2D eigenvalue weighted by molar-refractivity contribution is -0.114. The molecule has 0 saturated carbocycles. The molecular formula is C3H10NO3P. The molecule has 0 aromatic heterocycles. The second-order valence-electron chi connectivity index (χ2n) is 1.23. The van der Waals surface area contributed by atoms with Crippen LogP contribution < -0.4 is 5.50 Å². The first-order chi connectivity index (χ1) is 3.46. The third-order valence-corrected chi connectivity index (χ3v) is 0. The number of hydrogen-bond acceptors (Lipinski definition) is 4. The van der Waals surface area contributed by atoms with Crippen molar-refractivity contribution >= 4 is 14.3 Å². The van der Waals surface area contributed by atoms with Gasteiger partial charge in [0.2, 0.25) is 8.53 Å². The molecule has 50 valence electrons. The molecule has 0 heterocycles. The highest BCUT2D eigenvalue weighted by Crippen LogP contribution is 2.05. The summed E-state index contributed by atoms with van der Waals surface area (Å²) in [6.45, 7) is 3.06. The maximum absolute atomic E-state index is 9.44. The molecule has 0 radical (unpaired) electrons. The van der Waals surface area contributed by atoms with Crippen LogP contribution in [0.1, 0.15) is 13.8 Å². The summed E-state index contributed by atoms with van der Waals surface area (Å²) in [4.78, 5) is 24.4. The van der Waals surface area contributed by atoms with Gasteiger partial charge in [-0.25, -0.2) is 0 Å². The van der Waals surface area contributed by atoms with Crippen LogP contribution in [0.2, 0.25) is 0 Å². The van der Waals surface area contributed by atoms with E-state index in [9.17, 15) is 4.79 Å². The molecule has 4 N–H and O–H groups in total. The van der Waals surface area contributed by atoms with Crippen molar-refractivity contribution in [2.45, 2.75) is 13.8 Å². The lowest BCUT2D eigenvalue weighted by Crippen LogP contribution is -1.78. The molecule has 0 aromatic carbocycles. The molecule has 0 atom stereocenters. The zero-order valence-electron chi connectivity index (χ0n) is 4.83. The topological polar surface area (TPSA) is 83.6 Å². The molecule has 4 nitrogen and oxygen atoms in total. The van der Waals surface area contributed by atoms with Crippen LogP contribution in [0, 0.1) is 0 Å². The number of hydrogen-bond donors (Lipinski definition) is 3. The van der Waals surface area contributed by atoms with E-state index in [4.69, 9.17) is 9.79 Å². The molecule has 0 aliphatic rings. The average Bonchev–Trinajstić information content (AvgIpc) is 1.25. The third-order valence-electron chi connectivity index (χ3n) is 0. The van der Waals surface area contributed by atoms with Crippen LogP contribution in [0.25, 0.3) is 0 Å². The van der Waals surface area contributed by atoms with Gasteiger partial charge in [-0.2, -0.15) is 0 Å². The summed E-state index contributed by atoms with van der Waals surface area (Å²) < 4.78 is 0. The summed E-state index contributed by atoms with van der Waals surface area (Å²) in [6.07, 6.45) is 0. The van der Waals surface area contributed by atoms with E-state index in [0.29, 0.717) is 0 Å². The van der Waals surface area contributed by atoms with E-state index in [1.54, 1.807) is 0 Å². The molecule has 0 amide bonds. The monoisotopic (exact) mass is 139 g/mol. The van der Waals surface area contributed by atoms with Crippen LogP contribution in [0.5, 0.6) is 0 Å². The van der Waals surface area contributed by atoms with Gasteiger partial charge in [-0.3, -0.25) is 5.50 Å². The third kappa shape index (κ3) is 371000. The van der Waals surface area contributed by atoms with Crippen LogP contribution in [-0.2, 0) is 4.79 Å². The SMILES string of the molecule is CC(C)=O.NP(O)O. The lowest BCUT2D eigenvalue weighted by Gasteiger charge is -1.79. The van der Waals surface area contributed by atoms with E-state index >= 15 is 0 Å². The van der Waals surface area contributed by atoms with Gasteiger partial charge in [0.15, 0.2) is 0 Å². The van der Waals surface area contributed by atoms with Crippen molar-refractivity contribution in [2.24, 2.45) is 5.50 Å². The van der Waals surface area contributed by atoms with E-state index in [1.165, 1.54) is 13.8 Å². The van der Waals surface area contributed by atoms with E-state index < -0.39 is 8.53 Å². The van der Waals surface area contributed by atoms with E-state index in [1.807, 2.05) is 0 Å². The number of rotatable bonds is 0. The molecule has 0 aliphatic heterocycles. The number of Topliss-reactive ketones (excluding diaryl/α,β-unsaturated/α-hetero) is 1. The van der Waals surface area contributed by atoms with Gasteiger partial charge in [0.1, 0.15) is 5.78 Å². The normalized spacial score (nSPS) is 7.75. The smallest absolute Gasteiger partial charge is 0.247 e. The number of carbonyl (C=O) groups excluding carboxylic acids is 1. The van der Waals surface area contributed by atoms with Gasteiger partial charge < -0.3 is 14.6 Å². The Hall–Kier alpha value is -0.0200. The molecule has 0 fully saturated rings. The molecule has 0 unspecified atom stereocenters. The van der Waals surface area contributed by atoms with Crippen LogP contribution in [-0.4, -0.2) is 15.6 Å². The number of carbonyl (C=O) groups is 1. The summed E-state index contributed by atoms with van der Waals surface area (Å²) in [5.41, 5.74) is 4.29. The van der Waals surface area contributed by atoms with Crippen molar-refractivity contribution in [1.82, 2.24) is 0 Å².